The number of carbonyl (C=O) groups excluding carboxylic acids is 2. The fourth-order valence-electron chi connectivity index (χ4n) is 2.45. The summed E-state index contributed by atoms with van der Waals surface area (Å²) in [5.41, 5.74) is 6.03. The van der Waals surface area contributed by atoms with E-state index in [1.54, 1.807) is 23.1 Å². The first-order valence-electron chi connectivity index (χ1n) is 7.25. The number of rotatable bonds is 6. The molecule has 1 fully saturated rings. The molecule has 1 aromatic rings. The van der Waals surface area contributed by atoms with Crippen LogP contribution in [-0.2, 0) is 9.59 Å². The van der Waals surface area contributed by atoms with E-state index in [1.165, 1.54) is 0 Å². The first kappa shape index (κ1) is 17.1. The summed E-state index contributed by atoms with van der Waals surface area (Å²) in [6.45, 7) is 1.54. The van der Waals surface area contributed by atoms with Crippen LogP contribution in [0.15, 0.2) is 18.2 Å². The van der Waals surface area contributed by atoms with Crippen molar-refractivity contribution in [3.63, 3.8) is 0 Å². The number of halogens is 2. The molecule has 1 aliphatic rings. The Morgan fingerprint density at radius 3 is 2.59 bits per heavy atom. The van der Waals surface area contributed by atoms with Gasteiger partial charge in [-0.1, -0.05) is 23.2 Å². The monoisotopic (exact) mass is 343 g/mol. The van der Waals surface area contributed by atoms with Crippen LogP contribution in [0.5, 0.6) is 0 Å². The van der Waals surface area contributed by atoms with E-state index in [-0.39, 0.29) is 24.2 Å². The van der Waals surface area contributed by atoms with Crippen LogP contribution in [0.1, 0.15) is 19.3 Å². The Kier molecular flexibility index (Phi) is 6.06. The predicted molar refractivity (Wildman–Crippen MR) is 88.2 cm³/mol. The molecule has 1 unspecified atom stereocenters. The fourth-order valence-corrected chi connectivity index (χ4v) is 2.97. The molecule has 1 heterocycles. The zero-order valence-electron chi connectivity index (χ0n) is 12.1. The van der Waals surface area contributed by atoms with Crippen LogP contribution >= 0.6 is 23.2 Å². The van der Waals surface area contributed by atoms with E-state index < -0.39 is 0 Å². The van der Waals surface area contributed by atoms with Crippen LogP contribution in [0.3, 0.4) is 0 Å². The Labute approximate surface area is 139 Å². The molecule has 0 aliphatic carbocycles. The molecule has 5 nitrogen and oxygen atoms in total. The number of hydrogen-bond donors (Lipinski definition) is 2. The van der Waals surface area contributed by atoms with Crippen LogP contribution in [0.4, 0.5) is 5.69 Å². The van der Waals surface area contributed by atoms with Gasteiger partial charge >= 0.3 is 0 Å². The van der Waals surface area contributed by atoms with Crippen LogP contribution in [0.25, 0.3) is 0 Å². The highest BCUT2D eigenvalue weighted by Gasteiger charge is 2.35. The van der Waals surface area contributed by atoms with Gasteiger partial charge in [0.25, 0.3) is 0 Å². The molecule has 0 spiro atoms. The van der Waals surface area contributed by atoms with Crippen molar-refractivity contribution in [1.29, 1.82) is 0 Å². The fraction of sp³-hybridized carbons (Fsp3) is 0.467. The summed E-state index contributed by atoms with van der Waals surface area (Å²) in [5.74, 6) is -0.537. The number of hydrogen-bond acceptors (Lipinski definition) is 3. The third-order valence-corrected chi connectivity index (χ3v) is 4.02. The number of carbonyl (C=O) groups is 2. The maximum absolute atomic E-state index is 12.1. The molecular formula is C15H19Cl2N3O2. The minimum atomic E-state index is -0.344. The van der Waals surface area contributed by atoms with Gasteiger partial charge in [-0.3, -0.25) is 9.59 Å². The molecule has 1 aromatic carbocycles. The number of nitrogens with one attached hydrogen (secondary N) is 1. The van der Waals surface area contributed by atoms with Crippen molar-refractivity contribution in [1.82, 2.24) is 5.32 Å². The number of amides is 2. The van der Waals surface area contributed by atoms with Crippen molar-refractivity contribution in [3.05, 3.63) is 28.2 Å². The lowest BCUT2D eigenvalue weighted by atomic mass is 10.1. The van der Waals surface area contributed by atoms with Crippen LogP contribution < -0.4 is 16.0 Å². The van der Waals surface area contributed by atoms with Crippen molar-refractivity contribution < 1.29 is 9.59 Å². The molecule has 120 valence electrons. The Balaban J connectivity index is 1.97. The summed E-state index contributed by atoms with van der Waals surface area (Å²) in [4.78, 5) is 25.8. The van der Waals surface area contributed by atoms with Crippen LogP contribution in [0, 0.1) is 5.92 Å². The number of nitrogens with zero attached hydrogens (tertiary/aromatic N) is 1. The predicted octanol–water partition coefficient (Wildman–Crippen LogP) is 2.20. The highest BCUT2D eigenvalue weighted by molar-refractivity contribution is 6.35. The lowest BCUT2D eigenvalue weighted by molar-refractivity contribution is -0.126. The number of unbranched alkanes of at least 4 members (excludes halogenated alkanes) is 1. The second kappa shape index (κ2) is 7.81. The molecule has 7 heteroatoms. The molecule has 2 rings (SSSR count). The standard InChI is InChI=1S/C15H19Cl2N3O2/c16-11-6-12(17)8-13(7-11)20-9-10(5-14(20)21)15(22)19-4-2-1-3-18/h6-8,10H,1-5,9,18H2,(H,19,22). The van der Waals surface area contributed by atoms with Gasteiger partial charge in [0.2, 0.25) is 11.8 Å². The molecule has 22 heavy (non-hydrogen) atoms. The molecule has 3 N–H and O–H groups in total. The SMILES string of the molecule is NCCCCNC(=O)C1CC(=O)N(c2cc(Cl)cc(Cl)c2)C1. The van der Waals surface area contributed by atoms with Crippen molar-refractivity contribution in [3.8, 4) is 0 Å². The van der Waals surface area contributed by atoms with E-state index in [0.29, 0.717) is 35.4 Å². The van der Waals surface area contributed by atoms with Gasteiger partial charge in [0.15, 0.2) is 0 Å². The highest BCUT2D eigenvalue weighted by atomic mass is 35.5. The second-order valence-electron chi connectivity index (χ2n) is 5.32. The smallest absolute Gasteiger partial charge is 0.227 e. The van der Waals surface area contributed by atoms with Crippen LogP contribution in [0.2, 0.25) is 10.0 Å². The van der Waals surface area contributed by atoms with Gasteiger partial charge in [-0.15, -0.1) is 0 Å². The lowest BCUT2D eigenvalue weighted by Crippen LogP contribution is -2.33. The van der Waals surface area contributed by atoms with Gasteiger partial charge in [-0.25, -0.2) is 0 Å². The zero-order valence-corrected chi connectivity index (χ0v) is 13.7. The van der Waals surface area contributed by atoms with Gasteiger partial charge in [0.05, 0.1) is 5.92 Å². The van der Waals surface area contributed by atoms with E-state index in [0.717, 1.165) is 12.8 Å². The molecular weight excluding hydrogens is 325 g/mol. The molecule has 1 saturated heterocycles. The van der Waals surface area contributed by atoms with Crippen molar-refractivity contribution >= 4 is 40.7 Å². The summed E-state index contributed by atoms with van der Waals surface area (Å²) in [5, 5.41) is 3.78. The molecule has 2 amide bonds. The Morgan fingerprint density at radius 2 is 1.95 bits per heavy atom. The molecule has 0 bridgehead atoms. The average molecular weight is 344 g/mol. The first-order valence-corrected chi connectivity index (χ1v) is 8.01. The Morgan fingerprint density at radius 1 is 1.27 bits per heavy atom. The third-order valence-electron chi connectivity index (χ3n) is 3.58. The van der Waals surface area contributed by atoms with Gasteiger partial charge in [0, 0.05) is 35.2 Å². The third kappa shape index (κ3) is 4.35. The second-order valence-corrected chi connectivity index (χ2v) is 6.19. The molecule has 0 radical (unpaired) electrons. The summed E-state index contributed by atoms with van der Waals surface area (Å²) >= 11 is 11.9. The average Bonchev–Trinajstić information content (AvgIpc) is 2.84. The normalized spacial score (nSPS) is 17.9. The summed E-state index contributed by atoms with van der Waals surface area (Å²) in [7, 11) is 0. The quantitative estimate of drug-likeness (QED) is 0.777. The maximum Gasteiger partial charge on any atom is 0.227 e. The minimum Gasteiger partial charge on any atom is -0.356 e. The molecule has 0 saturated carbocycles. The van der Waals surface area contributed by atoms with Gasteiger partial charge < -0.3 is 16.0 Å². The van der Waals surface area contributed by atoms with E-state index in [9.17, 15) is 9.59 Å². The lowest BCUT2D eigenvalue weighted by Gasteiger charge is -2.17. The van der Waals surface area contributed by atoms with E-state index in [1.807, 2.05) is 0 Å². The largest absolute Gasteiger partial charge is 0.356 e. The summed E-state index contributed by atoms with van der Waals surface area (Å²) < 4.78 is 0. The van der Waals surface area contributed by atoms with E-state index in [2.05, 4.69) is 5.32 Å². The van der Waals surface area contributed by atoms with Crippen molar-refractivity contribution in [2.24, 2.45) is 11.7 Å². The van der Waals surface area contributed by atoms with Gasteiger partial charge in [-0.2, -0.15) is 0 Å². The number of nitrogens with two attached hydrogens (primary N) is 1. The van der Waals surface area contributed by atoms with Crippen molar-refractivity contribution in [2.75, 3.05) is 24.5 Å². The summed E-state index contributed by atoms with van der Waals surface area (Å²) in [6.07, 6.45) is 1.92. The first-order chi connectivity index (χ1) is 10.5. The Bertz CT molecular complexity index is 545. The van der Waals surface area contributed by atoms with E-state index >= 15 is 0 Å². The van der Waals surface area contributed by atoms with Gasteiger partial charge in [0.1, 0.15) is 0 Å². The molecule has 1 aliphatic heterocycles. The molecule has 0 aromatic heterocycles. The Hall–Kier alpha value is -1.30. The zero-order chi connectivity index (χ0) is 16.1. The minimum absolute atomic E-state index is 0.0963. The number of anilines is 1. The topological polar surface area (TPSA) is 75.4 Å². The van der Waals surface area contributed by atoms with Crippen LogP contribution in [-0.4, -0.2) is 31.4 Å². The van der Waals surface area contributed by atoms with Crippen molar-refractivity contribution in [2.45, 2.75) is 19.3 Å². The molecule has 1 atom stereocenters. The van der Waals surface area contributed by atoms with Gasteiger partial charge in [-0.05, 0) is 37.6 Å². The highest BCUT2D eigenvalue weighted by Crippen LogP contribution is 2.30. The summed E-state index contributed by atoms with van der Waals surface area (Å²) in [6, 6.07) is 4.95. The van der Waals surface area contributed by atoms with E-state index in [4.69, 9.17) is 28.9 Å². The maximum atomic E-state index is 12.1. The number of benzene rings is 1.